The second-order valence-corrected chi connectivity index (χ2v) is 10.1. The maximum Gasteiger partial charge on any atom is 0.362 e. The van der Waals surface area contributed by atoms with Gasteiger partial charge >= 0.3 is 17.9 Å². The van der Waals surface area contributed by atoms with Crippen LogP contribution in [-0.4, -0.2) is 62.4 Å². The average Bonchev–Trinajstić information content (AvgIpc) is 2.82. The number of rotatable bonds is 24. The third kappa shape index (κ3) is 11.4. The highest BCUT2D eigenvalue weighted by Crippen LogP contribution is 2.32. The molecule has 7 heteroatoms. The van der Waals surface area contributed by atoms with E-state index in [2.05, 4.69) is 19.1 Å². The molecule has 210 valence electrons. The number of carboxylic acids is 3. The standard InChI is InChI=1S/C29H53NO6/c1-5-9-10-11-12-13-14-15-16-17-18-19-20-21-22-23-30(24(6-2)27(31)32,25(7-3)28(33)34)26(8-4)29(35)36/h11-12,24-26H,5-10,13-23H2,1-4H3,(H2-,31,32,33,34,35,36)/p+1/b12-11+. The fourth-order valence-corrected chi connectivity index (χ4v) is 5.72. The highest BCUT2D eigenvalue weighted by molar-refractivity contribution is 5.78. The Kier molecular flexibility index (Phi) is 19.1. The summed E-state index contributed by atoms with van der Waals surface area (Å²) < 4.78 is -0.406. The number of nitrogens with zero attached hydrogens (tertiary/aromatic N) is 1. The fraction of sp³-hybridized carbons (Fsp3) is 0.828. The first-order chi connectivity index (χ1) is 17.2. The van der Waals surface area contributed by atoms with Crippen molar-refractivity contribution >= 4 is 17.9 Å². The zero-order valence-electron chi connectivity index (χ0n) is 23.4. The molecule has 7 nitrogen and oxygen atoms in total. The lowest BCUT2D eigenvalue weighted by Gasteiger charge is -2.49. The van der Waals surface area contributed by atoms with Crippen LogP contribution < -0.4 is 0 Å². The monoisotopic (exact) mass is 512 g/mol. The van der Waals surface area contributed by atoms with Crippen LogP contribution in [0.2, 0.25) is 0 Å². The Labute approximate surface area is 219 Å². The molecule has 0 spiro atoms. The molecule has 0 aromatic heterocycles. The zero-order valence-corrected chi connectivity index (χ0v) is 23.4. The zero-order chi connectivity index (χ0) is 27.4. The van der Waals surface area contributed by atoms with Gasteiger partial charge in [-0.25, -0.2) is 14.4 Å². The summed E-state index contributed by atoms with van der Waals surface area (Å²) in [6.07, 6.45) is 19.8. The van der Waals surface area contributed by atoms with Crippen LogP contribution in [0, 0.1) is 0 Å². The number of hydrogen-bond donors (Lipinski definition) is 3. The number of allylic oxidation sites excluding steroid dienone is 2. The summed E-state index contributed by atoms with van der Waals surface area (Å²) >= 11 is 0. The molecule has 0 aromatic carbocycles. The summed E-state index contributed by atoms with van der Waals surface area (Å²) in [5.74, 6) is -3.35. The van der Waals surface area contributed by atoms with Gasteiger partial charge in [-0.2, -0.15) is 0 Å². The van der Waals surface area contributed by atoms with Crippen molar-refractivity contribution in [2.75, 3.05) is 6.54 Å². The summed E-state index contributed by atoms with van der Waals surface area (Å²) in [4.78, 5) is 36.7. The molecule has 0 aromatic rings. The largest absolute Gasteiger partial charge is 0.477 e. The van der Waals surface area contributed by atoms with Gasteiger partial charge in [0.05, 0.1) is 6.54 Å². The van der Waals surface area contributed by atoms with E-state index in [1.54, 1.807) is 20.8 Å². The molecule has 3 N–H and O–H groups in total. The van der Waals surface area contributed by atoms with E-state index in [1.165, 1.54) is 57.8 Å². The van der Waals surface area contributed by atoms with Crippen LogP contribution in [0.25, 0.3) is 0 Å². The van der Waals surface area contributed by atoms with Gasteiger partial charge in [0.15, 0.2) is 18.1 Å². The van der Waals surface area contributed by atoms with E-state index in [0.29, 0.717) is 6.42 Å². The van der Waals surface area contributed by atoms with Gasteiger partial charge in [0, 0.05) is 19.3 Å². The Morgan fingerprint density at radius 2 is 0.889 bits per heavy atom. The molecule has 3 atom stereocenters. The molecule has 0 amide bonds. The van der Waals surface area contributed by atoms with Crippen LogP contribution in [-0.2, 0) is 14.4 Å². The minimum absolute atomic E-state index is 0.192. The third-order valence-corrected chi connectivity index (χ3v) is 7.56. The molecule has 0 aliphatic heterocycles. The van der Waals surface area contributed by atoms with Crippen LogP contribution in [0.1, 0.15) is 130 Å². The van der Waals surface area contributed by atoms with Crippen LogP contribution in [0.15, 0.2) is 12.2 Å². The Hall–Kier alpha value is -1.89. The number of unbranched alkanes of at least 4 members (excludes halogenated alkanes) is 11. The van der Waals surface area contributed by atoms with Gasteiger partial charge in [-0.05, 0) is 32.1 Å². The maximum atomic E-state index is 12.2. The molecule has 0 radical (unpaired) electrons. The van der Waals surface area contributed by atoms with E-state index in [4.69, 9.17) is 0 Å². The van der Waals surface area contributed by atoms with Gasteiger partial charge in [0.1, 0.15) is 0 Å². The van der Waals surface area contributed by atoms with Gasteiger partial charge in [0.25, 0.3) is 0 Å². The highest BCUT2D eigenvalue weighted by atomic mass is 16.4. The van der Waals surface area contributed by atoms with Crippen LogP contribution in [0.3, 0.4) is 0 Å². The lowest BCUT2D eigenvalue weighted by Crippen LogP contribution is -2.72. The van der Waals surface area contributed by atoms with Crippen molar-refractivity contribution in [1.82, 2.24) is 0 Å². The molecule has 0 saturated heterocycles. The average molecular weight is 513 g/mol. The van der Waals surface area contributed by atoms with E-state index in [0.717, 1.165) is 19.3 Å². The Balaban J connectivity index is 4.85. The van der Waals surface area contributed by atoms with E-state index in [-0.39, 0.29) is 25.8 Å². The molecular formula is C29H54NO6+. The summed E-state index contributed by atoms with van der Waals surface area (Å²) in [6, 6.07) is -3.18. The van der Waals surface area contributed by atoms with Crippen molar-refractivity contribution in [3.8, 4) is 0 Å². The first-order valence-corrected chi connectivity index (χ1v) is 14.4. The minimum atomic E-state index is -1.12. The van der Waals surface area contributed by atoms with Gasteiger partial charge in [0.2, 0.25) is 0 Å². The molecule has 0 saturated carbocycles. The lowest BCUT2D eigenvalue weighted by atomic mass is 9.93. The van der Waals surface area contributed by atoms with Gasteiger partial charge in [-0.15, -0.1) is 0 Å². The molecule has 0 fully saturated rings. The maximum absolute atomic E-state index is 12.2. The van der Waals surface area contributed by atoms with Crippen molar-refractivity contribution < 1.29 is 34.2 Å². The number of hydrogen-bond acceptors (Lipinski definition) is 3. The van der Waals surface area contributed by atoms with Gasteiger partial charge < -0.3 is 15.3 Å². The molecule has 0 rings (SSSR count). The SMILES string of the molecule is CCCC/C=C/CCCCCCCCCCC[N+](C(CC)C(=O)O)(C(CC)C(=O)O)C(CC)C(=O)O. The summed E-state index contributed by atoms with van der Waals surface area (Å²) in [5.41, 5.74) is 0. The van der Waals surface area contributed by atoms with E-state index in [9.17, 15) is 29.7 Å². The minimum Gasteiger partial charge on any atom is -0.477 e. The molecular weight excluding hydrogens is 458 g/mol. The molecule has 36 heavy (non-hydrogen) atoms. The lowest BCUT2D eigenvalue weighted by molar-refractivity contribution is -0.973. The van der Waals surface area contributed by atoms with Crippen molar-refractivity contribution in [3.05, 3.63) is 12.2 Å². The van der Waals surface area contributed by atoms with Crippen LogP contribution in [0.4, 0.5) is 0 Å². The van der Waals surface area contributed by atoms with E-state index in [1.807, 2.05) is 0 Å². The van der Waals surface area contributed by atoms with E-state index < -0.39 is 40.5 Å². The number of quaternary nitrogens is 1. The molecule has 0 heterocycles. The van der Waals surface area contributed by atoms with Crippen molar-refractivity contribution in [1.29, 1.82) is 0 Å². The van der Waals surface area contributed by atoms with E-state index >= 15 is 0 Å². The Morgan fingerprint density at radius 1 is 0.556 bits per heavy atom. The van der Waals surface area contributed by atoms with Crippen LogP contribution in [0.5, 0.6) is 0 Å². The second kappa shape index (κ2) is 20.2. The topological polar surface area (TPSA) is 112 Å². The second-order valence-electron chi connectivity index (χ2n) is 10.1. The Bertz CT molecular complexity index is 593. The summed E-state index contributed by atoms with van der Waals surface area (Å²) in [5, 5.41) is 29.9. The third-order valence-electron chi connectivity index (χ3n) is 7.56. The number of carbonyl (C=O) groups is 3. The Morgan fingerprint density at radius 3 is 1.22 bits per heavy atom. The smallest absolute Gasteiger partial charge is 0.362 e. The summed E-state index contributed by atoms with van der Waals surface area (Å²) in [6.45, 7) is 7.59. The summed E-state index contributed by atoms with van der Waals surface area (Å²) in [7, 11) is 0. The van der Waals surface area contributed by atoms with Crippen molar-refractivity contribution in [2.45, 2.75) is 149 Å². The molecule has 0 aliphatic rings. The van der Waals surface area contributed by atoms with Crippen molar-refractivity contribution in [3.63, 3.8) is 0 Å². The first kappa shape index (κ1) is 34.1. The fourth-order valence-electron chi connectivity index (χ4n) is 5.72. The van der Waals surface area contributed by atoms with Gasteiger partial charge in [-0.1, -0.05) is 91.2 Å². The van der Waals surface area contributed by atoms with Gasteiger partial charge in [-0.3, -0.25) is 4.48 Å². The first-order valence-electron chi connectivity index (χ1n) is 14.4. The normalized spacial score (nSPS) is 15.9. The molecule has 3 unspecified atom stereocenters. The quantitative estimate of drug-likeness (QED) is 0.0726. The number of aliphatic carboxylic acids is 3. The highest BCUT2D eigenvalue weighted by Gasteiger charge is 2.55. The predicted molar refractivity (Wildman–Crippen MR) is 145 cm³/mol. The van der Waals surface area contributed by atoms with Crippen LogP contribution >= 0.6 is 0 Å². The number of carboxylic acid groups (broad SMARTS) is 3. The molecule has 0 aliphatic carbocycles. The predicted octanol–water partition coefficient (Wildman–Crippen LogP) is 7.04. The molecule has 0 bridgehead atoms. The van der Waals surface area contributed by atoms with Crippen molar-refractivity contribution in [2.24, 2.45) is 0 Å².